The van der Waals surface area contributed by atoms with Crippen LogP contribution >= 0.6 is 11.3 Å². The van der Waals surface area contributed by atoms with Gasteiger partial charge in [-0.3, -0.25) is 0 Å². The molecule has 0 fully saturated rings. The fraction of sp³-hybridized carbons (Fsp3) is 0.357. The molecule has 3 nitrogen and oxygen atoms in total. The number of rotatable bonds is 6. The van der Waals surface area contributed by atoms with Crippen molar-refractivity contribution in [1.29, 1.82) is 0 Å². The fourth-order valence-electron chi connectivity index (χ4n) is 1.74. The molecule has 0 bridgehead atoms. The van der Waals surface area contributed by atoms with Crippen LogP contribution in [0.3, 0.4) is 0 Å². The highest BCUT2D eigenvalue weighted by atomic mass is 32.1. The number of thiazole rings is 1. The highest BCUT2D eigenvalue weighted by Gasteiger charge is 2.00. The van der Waals surface area contributed by atoms with Crippen molar-refractivity contribution in [3.05, 3.63) is 51.5 Å². The van der Waals surface area contributed by atoms with Crippen LogP contribution in [0.5, 0.6) is 0 Å². The molecular formula is C14H18N2OS. The maximum absolute atomic E-state index is 5.09. The van der Waals surface area contributed by atoms with E-state index in [1.807, 2.05) is 12.4 Å². The van der Waals surface area contributed by atoms with Crippen molar-refractivity contribution < 1.29 is 4.74 Å². The van der Waals surface area contributed by atoms with Gasteiger partial charge in [-0.2, -0.15) is 0 Å². The summed E-state index contributed by atoms with van der Waals surface area (Å²) in [6.45, 7) is 4.49. The van der Waals surface area contributed by atoms with Crippen LogP contribution in [0.4, 0.5) is 0 Å². The van der Waals surface area contributed by atoms with Crippen LogP contribution in [0.1, 0.15) is 21.7 Å². The standard InChI is InChI=1S/C14H18N2OS/c1-11-14(18-10-16-11)8-15-7-12-3-5-13(6-4-12)9-17-2/h3-6,10,15H,7-9H2,1-2H3. The van der Waals surface area contributed by atoms with Gasteiger partial charge in [-0.15, -0.1) is 11.3 Å². The van der Waals surface area contributed by atoms with Gasteiger partial charge < -0.3 is 10.1 Å². The Balaban J connectivity index is 1.81. The van der Waals surface area contributed by atoms with E-state index in [-0.39, 0.29) is 0 Å². The minimum absolute atomic E-state index is 0.674. The summed E-state index contributed by atoms with van der Waals surface area (Å²) in [6.07, 6.45) is 0. The van der Waals surface area contributed by atoms with Crippen molar-refractivity contribution in [3.8, 4) is 0 Å². The number of methoxy groups -OCH3 is 1. The molecule has 0 aliphatic carbocycles. The Morgan fingerprint density at radius 2 is 1.89 bits per heavy atom. The van der Waals surface area contributed by atoms with E-state index in [1.54, 1.807) is 18.4 Å². The second-order valence-electron chi connectivity index (χ2n) is 4.21. The molecular weight excluding hydrogens is 244 g/mol. The molecule has 1 aromatic heterocycles. The first-order valence-corrected chi connectivity index (χ1v) is 6.84. The van der Waals surface area contributed by atoms with Gasteiger partial charge in [-0.05, 0) is 18.1 Å². The van der Waals surface area contributed by atoms with Crippen LogP contribution in [-0.4, -0.2) is 12.1 Å². The summed E-state index contributed by atoms with van der Waals surface area (Å²) in [6, 6.07) is 8.50. The maximum atomic E-state index is 5.09. The third-order valence-electron chi connectivity index (χ3n) is 2.79. The monoisotopic (exact) mass is 262 g/mol. The second kappa shape index (κ2) is 6.64. The van der Waals surface area contributed by atoms with E-state index in [0.29, 0.717) is 6.61 Å². The number of hydrogen-bond acceptors (Lipinski definition) is 4. The number of benzene rings is 1. The van der Waals surface area contributed by atoms with Crippen LogP contribution in [0.25, 0.3) is 0 Å². The highest BCUT2D eigenvalue weighted by Crippen LogP contribution is 2.12. The van der Waals surface area contributed by atoms with E-state index in [0.717, 1.165) is 18.8 Å². The molecule has 4 heteroatoms. The summed E-state index contributed by atoms with van der Waals surface area (Å²) in [5.74, 6) is 0. The van der Waals surface area contributed by atoms with Gasteiger partial charge in [-0.1, -0.05) is 24.3 Å². The lowest BCUT2D eigenvalue weighted by Gasteiger charge is -2.05. The Bertz CT molecular complexity index is 479. The summed E-state index contributed by atoms with van der Waals surface area (Å²) in [7, 11) is 1.72. The molecule has 1 heterocycles. The first-order chi connectivity index (χ1) is 8.79. The average Bonchev–Trinajstić information content (AvgIpc) is 2.78. The third kappa shape index (κ3) is 3.63. The summed E-state index contributed by atoms with van der Waals surface area (Å²) in [5, 5.41) is 3.44. The molecule has 1 N–H and O–H groups in total. The van der Waals surface area contributed by atoms with Gasteiger partial charge in [0.1, 0.15) is 0 Å². The normalized spacial score (nSPS) is 10.8. The zero-order chi connectivity index (χ0) is 12.8. The minimum atomic E-state index is 0.674. The number of ether oxygens (including phenoxy) is 1. The molecule has 18 heavy (non-hydrogen) atoms. The predicted octanol–water partition coefficient (Wildman–Crippen LogP) is 2.89. The summed E-state index contributed by atoms with van der Waals surface area (Å²) < 4.78 is 5.09. The predicted molar refractivity (Wildman–Crippen MR) is 74.5 cm³/mol. The Hall–Kier alpha value is -1.23. The van der Waals surface area contributed by atoms with Gasteiger partial charge in [-0.25, -0.2) is 4.98 Å². The fourth-order valence-corrected chi connectivity index (χ4v) is 2.48. The number of aromatic nitrogens is 1. The minimum Gasteiger partial charge on any atom is -0.380 e. The lowest BCUT2D eigenvalue weighted by atomic mass is 10.1. The lowest BCUT2D eigenvalue weighted by Crippen LogP contribution is -2.12. The summed E-state index contributed by atoms with van der Waals surface area (Å²) >= 11 is 1.70. The quantitative estimate of drug-likeness (QED) is 0.869. The maximum Gasteiger partial charge on any atom is 0.0798 e. The Morgan fingerprint density at radius 3 is 2.50 bits per heavy atom. The molecule has 0 atom stereocenters. The Kier molecular flexibility index (Phi) is 4.87. The number of nitrogens with zero attached hydrogens (tertiary/aromatic N) is 1. The van der Waals surface area contributed by atoms with E-state index in [4.69, 9.17) is 4.74 Å². The molecule has 2 aromatic rings. The lowest BCUT2D eigenvalue weighted by molar-refractivity contribution is 0.185. The molecule has 0 saturated carbocycles. The van der Waals surface area contributed by atoms with Crippen LogP contribution in [0.15, 0.2) is 29.8 Å². The van der Waals surface area contributed by atoms with Crippen molar-refractivity contribution in [3.63, 3.8) is 0 Å². The van der Waals surface area contributed by atoms with Crippen molar-refractivity contribution >= 4 is 11.3 Å². The summed E-state index contributed by atoms with van der Waals surface area (Å²) in [4.78, 5) is 5.55. The zero-order valence-electron chi connectivity index (χ0n) is 10.8. The van der Waals surface area contributed by atoms with E-state index in [1.165, 1.54) is 16.0 Å². The molecule has 2 rings (SSSR count). The van der Waals surface area contributed by atoms with Crippen LogP contribution in [0.2, 0.25) is 0 Å². The second-order valence-corrected chi connectivity index (χ2v) is 5.15. The number of hydrogen-bond donors (Lipinski definition) is 1. The molecule has 96 valence electrons. The number of nitrogens with one attached hydrogen (secondary N) is 1. The van der Waals surface area contributed by atoms with Gasteiger partial charge in [0.05, 0.1) is 17.8 Å². The van der Waals surface area contributed by atoms with E-state index in [9.17, 15) is 0 Å². The molecule has 0 radical (unpaired) electrons. The van der Waals surface area contributed by atoms with Crippen LogP contribution in [0, 0.1) is 6.92 Å². The molecule has 0 unspecified atom stereocenters. The van der Waals surface area contributed by atoms with Crippen molar-refractivity contribution in [1.82, 2.24) is 10.3 Å². The van der Waals surface area contributed by atoms with E-state index in [2.05, 4.69) is 34.6 Å². The summed E-state index contributed by atoms with van der Waals surface area (Å²) in [5.41, 5.74) is 5.52. The largest absolute Gasteiger partial charge is 0.380 e. The van der Waals surface area contributed by atoms with E-state index >= 15 is 0 Å². The molecule has 0 aliphatic rings. The molecule has 0 saturated heterocycles. The molecule has 0 aliphatic heterocycles. The van der Waals surface area contributed by atoms with Gasteiger partial charge >= 0.3 is 0 Å². The van der Waals surface area contributed by atoms with Crippen molar-refractivity contribution in [2.75, 3.05) is 7.11 Å². The van der Waals surface area contributed by atoms with Gasteiger partial charge in [0.15, 0.2) is 0 Å². The van der Waals surface area contributed by atoms with Gasteiger partial charge in [0.25, 0.3) is 0 Å². The van der Waals surface area contributed by atoms with E-state index < -0.39 is 0 Å². The zero-order valence-corrected chi connectivity index (χ0v) is 11.6. The SMILES string of the molecule is COCc1ccc(CNCc2scnc2C)cc1. The van der Waals surface area contributed by atoms with Gasteiger partial charge in [0, 0.05) is 25.1 Å². The highest BCUT2D eigenvalue weighted by molar-refractivity contribution is 7.09. The van der Waals surface area contributed by atoms with Crippen LogP contribution in [-0.2, 0) is 24.4 Å². The van der Waals surface area contributed by atoms with Crippen molar-refractivity contribution in [2.24, 2.45) is 0 Å². The smallest absolute Gasteiger partial charge is 0.0798 e. The third-order valence-corrected chi connectivity index (χ3v) is 3.73. The topological polar surface area (TPSA) is 34.1 Å². The Morgan fingerprint density at radius 1 is 1.17 bits per heavy atom. The molecule has 0 amide bonds. The number of aryl methyl sites for hydroxylation is 1. The first-order valence-electron chi connectivity index (χ1n) is 5.96. The molecule has 0 spiro atoms. The Labute approximate surface area is 112 Å². The average molecular weight is 262 g/mol. The first kappa shape index (κ1) is 13.2. The molecule has 1 aromatic carbocycles. The van der Waals surface area contributed by atoms with Gasteiger partial charge in [0.2, 0.25) is 0 Å². The van der Waals surface area contributed by atoms with Crippen LogP contribution < -0.4 is 5.32 Å². The van der Waals surface area contributed by atoms with Crippen molar-refractivity contribution in [2.45, 2.75) is 26.6 Å².